The Morgan fingerprint density at radius 3 is 2.71 bits per heavy atom. The van der Waals surface area contributed by atoms with Gasteiger partial charge in [-0.15, -0.1) is 17.8 Å². The number of aryl methyl sites for hydroxylation is 2. The Bertz CT molecular complexity index is 316. The zero-order valence-electron chi connectivity index (χ0n) is 8.92. The normalized spacial score (nSPS) is 12.1. The fourth-order valence-electron chi connectivity index (χ4n) is 1.17. The highest BCUT2D eigenvalue weighted by molar-refractivity contribution is 7.15. The molecule has 3 heteroatoms. The summed E-state index contributed by atoms with van der Waals surface area (Å²) in [7, 11) is 0. The first kappa shape index (κ1) is 11.1. The second kappa shape index (κ2) is 5.02. The molecular weight excluding hydrogens is 192 g/mol. The maximum atomic E-state index is 5.42. The van der Waals surface area contributed by atoms with Crippen LogP contribution in [0.2, 0.25) is 0 Å². The standard InChI is InChI=1S/C11H16N2S/c1-5-7-10(6-2)13-11-12-8(3)9(4)14-11/h2,10H,5,7H2,1,3-4H3,(H,12,13). The lowest BCUT2D eigenvalue weighted by atomic mass is 10.2. The van der Waals surface area contributed by atoms with Gasteiger partial charge in [-0.25, -0.2) is 4.98 Å². The second-order valence-corrected chi connectivity index (χ2v) is 4.52. The van der Waals surface area contributed by atoms with Crippen LogP contribution in [-0.2, 0) is 0 Å². The summed E-state index contributed by atoms with van der Waals surface area (Å²) in [6, 6.07) is 0.116. The number of hydrogen-bond donors (Lipinski definition) is 1. The molecule has 0 bridgehead atoms. The predicted octanol–water partition coefficient (Wildman–Crippen LogP) is 2.97. The van der Waals surface area contributed by atoms with Crippen molar-refractivity contribution in [3.8, 4) is 12.3 Å². The monoisotopic (exact) mass is 208 g/mol. The highest BCUT2D eigenvalue weighted by atomic mass is 32.1. The first-order valence-electron chi connectivity index (χ1n) is 4.84. The predicted molar refractivity (Wildman–Crippen MR) is 62.7 cm³/mol. The molecule has 0 aromatic carbocycles. The zero-order valence-corrected chi connectivity index (χ0v) is 9.74. The molecule has 0 aliphatic heterocycles. The molecule has 1 N–H and O–H groups in total. The molecule has 14 heavy (non-hydrogen) atoms. The molecule has 1 atom stereocenters. The van der Waals surface area contributed by atoms with Crippen molar-refractivity contribution >= 4 is 16.5 Å². The first-order valence-corrected chi connectivity index (χ1v) is 5.65. The first-order chi connectivity index (χ1) is 6.67. The van der Waals surface area contributed by atoms with Crippen molar-refractivity contribution in [2.75, 3.05) is 5.32 Å². The topological polar surface area (TPSA) is 24.9 Å². The molecule has 0 saturated carbocycles. The molecule has 0 radical (unpaired) electrons. The fraction of sp³-hybridized carbons (Fsp3) is 0.545. The summed E-state index contributed by atoms with van der Waals surface area (Å²) >= 11 is 1.67. The third-order valence-corrected chi connectivity index (χ3v) is 3.11. The Morgan fingerprint density at radius 1 is 1.57 bits per heavy atom. The smallest absolute Gasteiger partial charge is 0.184 e. The largest absolute Gasteiger partial charge is 0.348 e. The SMILES string of the molecule is C#CC(CCC)Nc1nc(C)c(C)s1. The molecule has 0 aliphatic rings. The highest BCUT2D eigenvalue weighted by Crippen LogP contribution is 2.22. The van der Waals surface area contributed by atoms with E-state index in [1.807, 2.05) is 6.92 Å². The third-order valence-electron chi connectivity index (χ3n) is 2.10. The van der Waals surface area contributed by atoms with E-state index in [4.69, 9.17) is 6.42 Å². The molecule has 2 nitrogen and oxygen atoms in total. The van der Waals surface area contributed by atoms with Gasteiger partial charge >= 0.3 is 0 Å². The van der Waals surface area contributed by atoms with E-state index in [2.05, 4.69) is 30.1 Å². The van der Waals surface area contributed by atoms with Crippen molar-refractivity contribution < 1.29 is 0 Å². The number of nitrogens with one attached hydrogen (secondary N) is 1. The van der Waals surface area contributed by atoms with Gasteiger partial charge in [0.05, 0.1) is 11.7 Å². The van der Waals surface area contributed by atoms with Crippen LogP contribution in [0.15, 0.2) is 0 Å². The number of rotatable bonds is 4. The van der Waals surface area contributed by atoms with E-state index in [0.29, 0.717) is 0 Å². The lowest BCUT2D eigenvalue weighted by Gasteiger charge is -2.09. The lowest BCUT2D eigenvalue weighted by molar-refractivity contribution is 0.755. The van der Waals surface area contributed by atoms with Crippen LogP contribution in [0.25, 0.3) is 0 Å². The summed E-state index contributed by atoms with van der Waals surface area (Å²) < 4.78 is 0. The summed E-state index contributed by atoms with van der Waals surface area (Å²) in [5, 5.41) is 4.20. The average molecular weight is 208 g/mol. The van der Waals surface area contributed by atoms with E-state index in [0.717, 1.165) is 23.7 Å². The van der Waals surface area contributed by atoms with Gasteiger partial charge in [0, 0.05) is 4.88 Å². The lowest BCUT2D eigenvalue weighted by Crippen LogP contribution is -2.16. The van der Waals surface area contributed by atoms with Crippen LogP contribution in [0.3, 0.4) is 0 Å². The number of aromatic nitrogens is 1. The Hall–Kier alpha value is -1.01. The zero-order chi connectivity index (χ0) is 10.6. The van der Waals surface area contributed by atoms with Gasteiger partial charge in [-0.3, -0.25) is 0 Å². The summed E-state index contributed by atoms with van der Waals surface area (Å²) in [6.07, 6.45) is 7.50. The maximum absolute atomic E-state index is 5.42. The Balaban J connectivity index is 2.63. The average Bonchev–Trinajstić information content (AvgIpc) is 2.45. The van der Waals surface area contributed by atoms with Crippen LogP contribution in [0.1, 0.15) is 30.3 Å². The molecule has 1 unspecified atom stereocenters. The summed E-state index contributed by atoms with van der Waals surface area (Å²) in [4.78, 5) is 5.64. The van der Waals surface area contributed by atoms with Crippen molar-refractivity contribution in [2.45, 2.75) is 39.7 Å². The molecule has 0 spiro atoms. The summed E-state index contributed by atoms with van der Waals surface area (Å²) in [5.74, 6) is 2.74. The van der Waals surface area contributed by atoms with Gasteiger partial charge in [0.1, 0.15) is 0 Å². The number of thiazole rings is 1. The number of nitrogens with zero attached hydrogens (tertiary/aromatic N) is 1. The van der Waals surface area contributed by atoms with Crippen molar-refractivity contribution in [1.82, 2.24) is 4.98 Å². The Labute approximate surface area is 89.8 Å². The van der Waals surface area contributed by atoms with Gasteiger partial charge in [-0.05, 0) is 20.3 Å². The van der Waals surface area contributed by atoms with Crippen LogP contribution in [-0.4, -0.2) is 11.0 Å². The van der Waals surface area contributed by atoms with Gasteiger partial charge in [0.2, 0.25) is 0 Å². The van der Waals surface area contributed by atoms with E-state index in [1.54, 1.807) is 11.3 Å². The maximum Gasteiger partial charge on any atom is 0.184 e. The van der Waals surface area contributed by atoms with Crippen molar-refractivity contribution in [2.24, 2.45) is 0 Å². The van der Waals surface area contributed by atoms with E-state index in [9.17, 15) is 0 Å². The second-order valence-electron chi connectivity index (χ2n) is 3.31. The summed E-state index contributed by atoms with van der Waals surface area (Å²) in [6.45, 7) is 6.22. The Kier molecular flexibility index (Phi) is 3.97. The van der Waals surface area contributed by atoms with Crippen LogP contribution >= 0.6 is 11.3 Å². The molecule has 1 heterocycles. The number of hydrogen-bond acceptors (Lipinski definition) is 3. The van der Waals surface area contributed by atoms with Gasteiger partial charge in [0.25, 0.3) is 0 Å². The van der Waals surface area contributed by atoms with Crippen LogP contribution in [0.4, 0.5) is 5.13 Å². The minimum absolute atomic E-state index is 0.116. The van der Waals surface area contributed by atoms with E-state index in [1.165, 1.54) is 4.88 Å². The van der Waals surface area contributed by atoms with Crippen LogP contribution < -0.4 is 5.32 Å². The van der Waals surface area contributed by atoms with E-state index < -0.39 is 0 Å². The highest BCUT2D eigenvalue weighted by Gasteiger charge is 2.07. The molecular formula is C11H16N2S. The molecule has 0 aliphatic carbocycles. The number of anilines is 1. The van der Waals surface area contributed by atoms with E-state index >= 15 is 0 Å². The van der Waals surface area contributed by atoms with E-state index in [-0.39, 0.29) is 6.04 Å². The fourth-order valence-corrected chi connectivity index (χ4v) is 2.04. The van der Waals surface area contributed by atoms with Crippen molar-refractivity contribution in [1.29, 1.82) is 0 Å². The quantitative estimate of drug-likeness (QED) is 0.769. The minimum atomic E-state index is 0.116. The molecule has 1 aromatic rings. The molecule has 1 rings (SSSR count). The molecule has 76 valence electrons. The van der Waals surface area contributed by atoms with Crippen LogP contribution in [0.5, 0.6) is 0 Å². The minimum Gasteiger partial charge on any atom is -0.348 e. The summed E-state index contributed by atoms with van der Waals surface area (Å²) in [5.41, 5.74) is 1.09. The van der Waals surface area contributed by atoms with Gasteiger partial charge in [-0.1, -0.05) is 19.3 Å². The molecule has 1 aromatic heterocycles. The van der Waals surface area contributed by atoms with Gasteiger partial charge < -0.3 is 5.32 Å². The molecule has 0 fully saturated rings. The number of terminal acetylenes is 1. The molecule has 0 saturated heterocycles. The molecule has 0 amide bonds. The van der Waals surface area contributed by atoms with Crippen LogP contribution in [0, 0.1) is 26.2 Å². The van der Waals surface area contributed by atoms with Crippen molar-refractivity contribution in [3.05, 3.63) is 10.6 Å². The Morgan fingerprint density at radius 2 is 2.29 bits per heavy atom. The van der Waals surface area contributed by atoms with Gasteiger partial charge in [0.15, 0.2) is 5.13 Å². The van der Waals surface area contributed by atoms with Gasteiger partial charge in [-0.2, -0.15) is 0 Å². The van der Waals surface area contributed by atoms with Crippen molar-refractivity contribution in [3.63, 3.8) is 0 Å². The third kappa shape index (κ3) is 2.74.